The van der Waals surface area contributed by atoms with Crippen molar-refractivity contribution in [2.75, 3.05) is 0 Å². The zero-order valence-corrected chi connectivity index (χ0v) is 11.2. The van der Waals surface area contributed by atoms with E-state index in [4.69, 9.17) is 11.6 Å². The Morgan fingerprint density at radius 1 is 1.62 bits per heavy atom. The van der Waals surface area contributed by atoms with Crippen molar-refractivity contribution >= 4 is 11.6 Å². The van der Waals surface area contributed by atoms with Crippen LogP contribution in [0.25, 0.3) is 0 Å². The Balaban J connectivity index is 2.14. The van der Waals surface area contributed by atoms with Crippen LogP contribution >= 0.6 is 11.6 Å². The Hall–Kier alpha value is -0.500. The van der Waals surface area contributed by atoms with Gasteiger partial charge in [-0.2, -0.15) is 5.10 Å². The predicted molar refractivity (Wildman–Crippen MR) is 67.9 cm³/mol. The van der Waals surface area contributed by atoms with Gasteiger partial charge in [0.25, 0.3) is 0 Å². The summed E-state index contributed by atoms with van der Waals surface area (Å²) in [5.74, 6) is 0. The molecule has 0 aromatic carbocycles. The molecule has 3 heteroatoms. The molecule has 0 radical (unpaired) electrons. The Morgan fingerprint density at radius 2 is 2.38 bits per heavy atom. The monoisotopic (exact) mass is 240 g/mol. The summed E-state index contributed by atoms with van der Waals surface area (Å²) in [7, 11) is 0. The molecule has 1 aromatic rings. The smallest absolute Gasteiger partial charge is 0.0596 e. The highest BCUT2D eigenvalue weighted by Crippen LogP contribution is 2.42. The van der Waals surface area contributed by atoms with Crippen molar-refractivity contribution in [2.45, 2.75) is 58.4 Å². The molecule has 1 aliphatic rings. The molecule has 16 heavy (non-hydrogen) atoms. The van der Waals surface area contributed by atoms with Crippen molar-refractivity contribution in [1.29, 1.82) is 0 Å². The molecule has 0 N–H and O–H groups in total. The third-order valence-electron chi connectivity index (χ3n) is 3.67. The first-order valence-electron chi connectivity index (χ1n) is 6.20. The van der Waals surface area contributed by atoms with Crippen molar-refractivity contribution in [3.05, 3.63) is 17.5 Å². The molecule has 0 spiro atoms. The van der Waals surface area contributed by atoms with Gasteiger partial charge < -0.3 is 0 Å². The van der Waals surface area contributed by atoms with Crippen molar-refractivity contribution < 1.29 is 0 Å². The maximum atomic E-state index is 6.22. The standard InChI is InChI=1S/C13H21ClN2/c1-4-16-12(7-10(2)15-16)9-13(3)6-5-11(14)8-13/h7,11H,4-6,8-9H2,1-3H3. The predicted octanol–water partition coefficient (Wildman–Crippen LogP) is 3.55. The van der Waals surface area contributed by atoms with Crippen LogP contribution < -0.4 is 0 Å². The molecular weight excluding hydrogens is 220 g/mol. The average Bonchev–Trinajstić information content (AvgIpc) is 2.70. The molecule has 0 aliphatic heterocycles. The Morgan fingerprint density at radius 3 is 2.94 bits per heavy atom. The van der Waals surface area contributed by atoms with Crippen LogP contribution in [-0.2, 0) is 13.0 Å². The number of alkyl halides is 1. The number of aryl methyl sites for hydroxylation is 2. The molecule has 0 bridgehead atoms. The van der Waals surface area contributed by atoms with Gasteiger partial charge in [-0.1, -0.05) is 6.92 Å². The van der Waals surface area contributed by atoms with Crippen molar-refractivity contribution in [1.82, 2.24) is 9.78 Å². The summed E-state index contributed by atoms with van der Waals surface area (Å²) < 4.78 is 2.13. The molecule has 90 valence electrons. The van der Waals surface area contributed by atoms with Crippen LogP contribution in [0.2, 0.25) is 0 Å². The van der Waals surface area contributed by atoms with Gasteiger partial charge in [0.05, 0.1) is 5.69 Å². The molecule has 1 saturated carbocycles. The fraction of sp³-hybridized carbons (Fsp3) is 0.769. The van der Waals surface area contributed by atoms with Crippen molar-refractivity contribution in [2.24, 2.45) is 5.41 Å². The van der Waals surface area contributed by atoms with E-state index in [9.17, 15) is 0 Å². The quantitative estimate of drug-likeness (QED) is 0.739. The lowest BCUT2D eigenvalue weighted by Gasteiger charge is -2.23. The maximum Gasteiger partial charge on any atom is 0.0596 e. The van der Waals surface area contributed by atoms with E-state index in [1.54, 1.807) is 0 Å². The highest BCUT2D eigenvalue weighted by atomic mass is 35.5. The van der Waals surface area contributed by atoms with E-state index >= 15 is 0 Å². The molecule has 1 heterocycles. The molecule has 1 fully saturated rings. The summed E-state index contributed by atoms with van der Waals surface area (Å²) in [6, 6.07) is 2.22. The summed E-state index contributed by atoms with van der Waals surface area (Å²) in [4.78, 5) is 0. The van der Waals surface area contributed by atoms with Crippen LogP contribution in [-0.4, -0.2) is 15.2 Å². The first-order valence-corrected chi connectivity index (χ1v) is 6.63. The van der Waals surface area contributed by atoms with Crippen molar-refractivity contribution in [3.8, 4) is 0 Å². The molecule has 1 aromatic heterocycles. The number of rotatable bonds is 3. The molecule has 2 rings (SSSR count). The van der Waals surface area contributed by atoms with Gasteiger partial charge >= 0.3 is 0 Å². The van der Waals surface area contributed by atoms with Crippen LogP contribution in [0, 0.1) is 12.3 Å². The molecule has 2 unspecified atom stereocenters. The van der Waals surface area contributed by atoms with E-state index in [2.05, 4.69) is 36.6 Å². The van der Waals surface area contributed by atoms with E-state index in [-0.39, 0.29) is 0 Å². The van der Waals surface area contributed by atoms with Crippen LogP contribution in [0.4, 0.5) is 0 Å². The van der Waals surface area contributed by atoms with Crippen LogP contribution in [0.3, 0.4) is 0 Å². The van der Waals surface area contributed by atoms with E-state index in [0.29, 0.717) is 10.8 Å². The molecule has 0 amide bonds. The SMILES string of the molecule is CCn1nc(C)cc1CC1(C)CCC(Cl)C1. The van der Waals surface area contributed by atoms with Gasteiger partial charge in [0.2, 0.25) is 0 Å². The maximum absolute atomic E-state index is 6.22. The minimum absolute atomic E-state index is 0.379. The van der Waals surface area contributed by atoms with Gasteiger partial charge in [0.1, 0.15) is 0 Å². The number of halogens is 1. The number of aromatic nitrogens is 2. The largest absolute Gasteiger partial charge is 0.270 e. The normalized spacial score (nSPS) is 29.9. The highest BCUT2D eigenvalue weighted by molar-refractivity contribution is 6.20. The molecule has 2 nitrogen and oxygen atoms in total. The second-order valence-electron chi connectivity index (χ2n) is 5.42. The second-order valence-corrected chi connectivity index (χ2v) is 6.04. The lowest BCUT2D eigenvalue weighted by molar-refractivity contribution is 0.324. The van der Waals surface area contributed by atoms with Gasteiger partial charge in [-0.3, -0.25) is 4.68 Å². The number of hydrogen-bond donors (Lipinski definition) is 0. The fourth-order valence-electron chi connectivity index (χ4n) is 2.86. The van der Waals surface area contributed by atoms with Gasteiger partial charge in [-0.25, -0.2) is 0 Å². The Labute approximate surface area is 103 Å². The Kier molecular flexibility index (Phi) is 3.29. The van der Waals surface area contributed by atoms with E-state index < -0.39 is 0 Å². The van der Waals surface area contributed by atoms with E-state index in [1.807, 2.05) is 0 Å². The van der Waals surface area contributed by atoms with Crippen LogP contribution in [0.15, 0.2) is 6.07 Å². The summed E-state index contributed by atoms with van der Waals surface area (Å²) in [6.07, 6.45) is 4.67. The van der Waals surface area contributed by atoms with Gasteiger partial charge in [0, 0.05) is 17.6 Å². The second kappa shape index (κ2) is 4.40. The lowest BCUT2D eigenvalue weighted by atomic mass is 9.84. The molecule has 1 aliphatic carbocycles. The minimum atomic E-state index is 0.379. The highest BCUT2D eigenvalue weighted by Gasteiger charge is 2.34. The summed E-state index contributed by atoms with van der Waals surface area (Å²) in [6.45, 7) is 7.54. The lowest BCUT2D eigenvalue weighted by Crippen LogP contribution is -2.18. The van der Waals surface area contributed by atoms with Crippen LogP contribution in [0.5, 0.6) is 0 Å². The topological polar surface area (TPSA) is 17.8 Å². The summed E-state index contributed by atoms with van der Waals surface area (Å²) in [5.41, 5.74) is 2.88. The minimum Gasteiger partial charge on any atom is -0.270 e. The summed E-state index contributed by atoms with van der Waals surface area (Å²) >= 11 is 6.22. The Bertz CT molecular complexity index is 372. The fourth-order valence-corrected chi connectivity index (χ4v) is 3.34. The van der Waals surface area contributed by atoms with Gasteiger partial charge in [0.15, 0.2) is 0 Å². The van der Waals surface area contributed by atoms with E-state index in [1.165, 1.54) is 12.1 Å². The first kappa shape index (κ1) is 12.0. The third kappa shape index (κ3) is 2.42. The van der Waals surface area contributed by atoms with Crippen LogP contribution in [0.1, 0.15) is 44.5 Å². The third-order valence-corrected chi connectivity index (χ3v) is 4.04. The average molecular weight is 241 g/mol. The zero-order chi connectivity index (χ0) is 11.8. The van der Waals surface area contributed by atoms with Crippen molar-refractivity contribution in [3.63, 3.8) is 0 Å². The first-order chi connectivity index (χ1) is 7.52. The zero-order valence-electron chi connectivity index (χ0n) is 10.5. The molecular formula is C13H21ClN2. The van der Waals surface area contributed by atoms with Gasteiger partial charge in [-0.15, -0.1) is 11.6 Å². The number of hydrogen-bond acceptors (Lipinski definition) is 1. The number of nitrogens with zero attached hydrogens (tertiary/aromatic N) is 2. The van der Waals surface area contributed by atoms with Gasteiger partial charge in [-0.05, 0) is 51.0 Å². The molecule has 2 atom stereocenters. The van der Waals surface area contributed by atoms with E-state index in [0.717, 1.165) is 31.5 Å². The summed E-state index contributed by atoms with van der Waals surface area (Å²) in [5, 5.41) is 4.88. The molecule has 0 saturated heterocycles.